The quantitative estimate of drug-likeness (QED) is 0.116. The molecule has 10 rings (SSSR count). The summed E-state index contributed by atoms with van der Waals surface area (Å²) < 4.78 is 2.28. The minimum absolute atomic E-state index is 0.638. The predicted molar refractivity (Wildman–Crippen MR) is 232 cm³/mol. The number of aromatic nitrogens is 5. The Bertz CT molecular complexity index is 2840. The fourth-order valence-electron chi connectivity index (χ4n) is 8.10. The van der Waals surface area contributed by atoms with Gasteiger partial charge in [0.05, 0.1) is 5.52 Å². The monoisotopic (exact) mass is 733 g/mol. The number of benzene rings is 7. The van der Waals surface area contributed by atoms with Crippen molar-refractivity contribution in [3.63, 3.8) is 0 Å². The predicted octanol–water partition coefficient (Wildman–Crippen LogP) is 8.74. The summed E-state index contributed by atoms with van der Waals surface area (Å²) in [6.07, 6.45) is 1.88. The zero-order valence-corrected chi connectivity index (χ0v) is 31.4. The molecule has 0 atom stereocenters. The summed E-state index contributed by atoms with van der Waals surface area (Å²) in [7, 11) is -2.91. The summed E-state index contributed by atoms with van der Waals surface area (Å²) in [4.78, 5) is 19.9. The van der Waals surface area contributed by atoms with Crippen molar-refractivity contribution in [1.29, 1.82) is 0 Å². The molecule has 0 fully saturated rings. The second-order valence-electron chi connectivity index (χ2n) is 13.9. The number of para-hydroxylation sites is 1. The molecule has 0 saturated carbocycles. The minimum atomic E-state index is -2.91. The normalized spacial score (nSPS) is 11.6. The first kappa shape index (κ1) is 33.3. The minimum Gasteiger partial charge on any atom is -0.294 e. The van der Waals surface area contributed by atoms with Crippen LogP contribution in [0.4, 0.5) is 0 Å². The second-order valence-corrected chi connectivity index (χ2v) is 17.7. The van der Waals surface area contributed by atoms with Crippen LogP contribution in [-0.4, -0.2) is 32.6 Å². The average Bonchev–Trinajstić information content (AvgIpc) is 3.62. The van der Waals surface area contributed by atoms with Crippen molar-refractivity contribution < 1.29 is 0 Å². The lowest BCUT2D eigenvalue weighted by molar-refractivity contribution is 1.07. The van der Waals surface area contributed by atoms with E-state index in [1.165, 1.54) is 26.1 Å². The fraction of sp³-hybridized carbons (Fsp3) is 0. The standard InChI is InChI=1S/C50H35N5Si/c1-6-17-36(18-7-1)47-52-48(37-19-8-2-9-20-37)54-49(53-47)38-28-30-42(31-29-38)56(40-23-12-4-13-24-40,41-25-14-5-15-26-41)43-32-33-46-45(35-43)44-27-16-34-51-50(44)55(46)39-21-10-3-11-22-39/h1-35H. The molecule has 0 saturated heterocycles. The Balaban J connectivity index is 1.19. The van der Waals surface area contributed by atoms with E-state index in [4.69, 9.17) is 19.9 Å². The molecule has 0 N–H and O–H groups in total. The van der Waals surface area contributed by atoms with E-state index in [0.29, 0.717) is 17.5 Å². The van der Waals surface area contributed by atoms with Crippen molar-refractivity contribution in [3.05, 3.63) is 212 Å². The highest BCUT2D eigenvalue weighted by atomic mass is 28.3. The molecule has 6 heteroatoms. The van der Waals surface area contributed by atoms with Crippen molar-refractivity contribution in [2.75, 3.05) is 0 Å². The van der Waals surface area contributed by atoms with Crippen molar-refractivity contribution in [1.82, 2.24) is 24.5 Å². The fourth-order valence-corrected chi connectivity index (χ4v) is 12.8. The van der Waals surface area contributed by atoms with Gasteiger partial charge in [-0.2, -0.15) is 0 Å². The van der Waals surface area contributed by atoms with E-state index < -0.39 is 8.07 Å². The van der Waals surface area contributed by atoms with Crippen molar-refractivity contribution >= 4 is 50.8 Å². The van der Waals surface area contributed by atoms with Crippen molar-refractivity contribution in [3.8, 4) is 39.9 Å². The molecule has 7 aromatic carbocycles. The summed E-state index contributed by atoms with van der Waals surface area (Å²) in [6, 6.07) is 73.1. The van der Waals surface area contributed by atoms with E-state index in [1.54, 1.807) is 0 Å². The van der Waals surface area contributed by atoms with E-state index in [-0.39, 0.29) is 0 Å². The van der Waals surface area contributed by atoms with Crippen LogP contribution in [0.25, 0.3) is 61.8 Å². The lowest BCUT2D eigenvalue weighted by Gasteiger charge is -2.34. The topological polar surface area (TPSA) is 56.5 Å². The maximum atomic E-state index is 5.04. The van der Waals surface area contributed by atoms with Crippen LogP contribution in [0.2, 0.25) is 0 Å². The van der Waals surface area contributed by atoms with Crippen LogP contribution < -0.4 is 20.7 Å². The number of rotatable bonds is 8. The molecule has 3 aromatic heterocycles. The number of pyridine rings is 1. The number of nitrogens with zero attached hydrogens (tertiary/aromatic N) is 5. The highest BCUT2D eigenvalue weighted by Crippen LogP contribution is 2.31. The van der Waals surface area contributed by atoms with E-state index in [1.807, 2.05) is 72.9 Å². The van der Waals surface area contributed by atoms with Gasteiger partial charge >= 0.3 is 0 Å². The summed E-state index contributed by atoms with van der Waals surface area (Å²) in [5.41, 5.74) is 6.00. The average molecular weight is 734 g/mol. The van der Waals surface area contributed by atoms with Crippen LogP contribution >= 0.6 is 0 Å². The van der Waals surface area contributed by atoms with Gasteiger partial charge in [0, 0.05) is 39.3 Å². The highest BCUT2D eigenvalue weighted by molar-refractivity contribution is 7.20. The first-order valence-corrected chi connectivity index (χ1v) is 20.8. The zero-order chi connectivity index (χ0) is 37.3. The molecule has 0 bridgehead atoms. The van der Waals surface area contributed by atoms with E-state index in [2.05, 4.69) is 144 Å². The largest absolute Gasteiger partial charge is 0.294 e. The summed E-state index contributed by atoms with van der Waals surface area (Å²) in [5.74, 6) is 1.93. The molecule has 56 heavy (non-hydrogen) atoms. The molecule has 5 nitrogen and oxygen atoms in total. The third kappa shape index (κ3) is 5.71. The first-order valence-electron chi connectivity index (χ1n) is 18.8. The smallest absolute Gasteiger partial charge is 0.179 e. The van der Waals surface area contributed by atoms with Gasteiger partial charge in [-0.3, -0.25) is 4.57 Å². The lowest BCUT2D eigenvalue weighted by atomic mass is 10.1. The van der Waals surface area contributed by atoms with Crippen molar-refractivity contribution in [2.24, 2.45) is 0 Å². The van der Waals surface area contributed by atoms with Crippen LogP contribution in [0.5, 0.6) is 0 Å². The lowest BCUT2D eigenvalue weighted by Crippen LogP contribution is -2.74. The van der Waals surface area contributed by atoms with Crippen LogP contribution in [0, 0.1) is 0 Å². The molecule has 0 unspecified atom stereocenters. The Hall–Kier alpha value is -7.28. The van der Waals surface area contributed by atoms with E-state index >= 15 is 0 Å². The van der Waals surface area contributed by atoms with Gasteiger partial charge in [-0.1, -0.05) is 176 Å². The molecule has 0 aliphatic rings. The van der Waals surface area contributed by atoms with Gasteiger partial charge in [0.25, 0.3) is 0 Å². The van der Waals surface area contributed by atoms with Gasteiger partial charge < -0.3 is 0 Å². The Morgan fingerprint density at radius 1 is 0.357 bits per heavy atom. The number of hydrogen-bond donors (Lipinski definition) is 0. The van der Waals surface area contributed by atoms with Crippen LogP contribution in [0.1, 0.15) is 0 Å². The SMILES string of the molecule is c1ccc(-c2nc(-c3ccccc3)nc(-c3ccc([Si](c4ccccc4)(c4ccccc4)c4ccc5c(c4)c4cccnc4n5-c4ccccc4)cc3)n2)cc1. The molecular weight excluding hydrogens is 699 g/mol. The van der Waals surface area contributed by atoms with E-state index in [0.717, 1.165) is 38.9 Å². The summed E-state index contributed by atoms with van der Waals surface area (Å²) in [5, 5.41) is 7.49. The summed E-state index contributed by atoms with van der Waals surface area (Å²) >= 11 is 0. The summed E-state index contributed by atoms with van der Waals surface area (Å²) in [6.45, 7) is 0. The van der Waals surface area contributed by atoms with Crippen LogP contribution in [-0.2, 0) is 0 Å². The van der Waals surface area contributed by atoms with Crippen LogP contribution in [0.15, 0.2) is 212 Å². The molecule has 0 aliphatic carbocycles. The molecule has 264 valence electrons. The molecule has 0 amide bonds. The van der Waals surface area contributed by atoms with Crippen molar-refractivity contribution in [2.45, 2.75) is 0 Å². The van der Waals surface area contributed by atoms with Gasteiger partial charge in [0.15, 0.2) is 25.5 Å². The van der Waals surface area contributed by atoms with Gasteiger partial charge in [0.1, 0.15) is 5.65 Å². The van der Waals surface area contributed by atoms with Crippen LogP contribution in [0.3, 0.4) is 0 Å². The van der Waals surface area contributed by atoms with Gasteiger partial charge in [-0.25, -0.2) is 19.9 Å². The number of fused-ring (bicyclic) bond motifs is 3. The number of hydrogen-bond acceptors (Lipinski definition) is 4. The third-order valence-corrected chi connectivity index (χ3v) is 15.4. The molecule has 0 aliphatic heterocycles. The third-order valence-electron chi connectivity index (χ3n) is 10.7. The zero-order valence-electron chi connectivity index (χ0n) is 30.4. The highest BCUT2D eigenvalue weighted by Gasteiger charge is 2.41. The molecular formula is C50H35N5Si. The molecule has 0 spiro atoms. The Labute approximate surface area is 326 Å². The molecule has 3 heterocycles. The Morgan fingerprint density at radius 2 is 0.804 bits per heavy atom. The molecule has 10 aromatic rings. The maximum absolute atomic E-state index is 5.04. The Morgan fingerprint density at radius 3 is 1.34 bits per heavy atom. The van der Waals surface area contributed by atoms with Gasteiger partial charge in [0.2, 0.25) is 0 Å². The maximum Gasteiger partial charge on any atom is 0.179 e. The van der Waals surface area contributed by atoms with Gasteiger partial charge in [-0.05, 0) is 51.1 Å². The Kier molecular flexibility index (Phi) is 8.43. The van der Waals surface area contributed by atoms with Gasteiger partial charge in [-0.15, -0.1) is 0 Å². The second kappa shape index (κ2) is 14.2. The van der Waals surface area contributed by atoms with E-state index in [9.17, 15) is 0 Å². The first-order chi connectivity index (χ1) is 27.8. The molecule has 0 radical (unpaired) electrons.